The summed E-state index contributed by atoms with van der Waals surface area (Å²) >= 11 is 9.11. The number of aromatic nitrogens is 2. The summed E-state index contributed by atoms with van der Waals surface area (Å²) in [5.41, 5.74) is 1.01. The molecule has 0 aromatic carbocycles. The van der Waals surface area contributed by atoms with Crippen LogP contribution in [0.3, 0.4) is 0 Å². The molecule has 76 valence electrons. The third kappa shape index (κ3) is 2.43. The number of nitrogens with one attached hydrogen (secondary N) is 1. The molecule has 1 aliphatic heterocycles. The molecule has 1 unspecified atom stereocenters. The number of nitrogens with zero attached hydrogens (tertiary/aromatic N) is 2. The average molecular weight is 277 g/mol. The molecule has 0 bridgehead atoms. The van der Waals surface area contributed by atoms with Crippen molar-refractivity contribution < 1.29 is 0 Å². The smallest absolute Gasteiger partial charge is 0.165 e. The summed E-state index contributed by atoms with van der Waals surface area (Å²) in [4.78, 5) is 0. The Bertz CT molecular complexity index is 326. The van der Waals surface area contributed by atoms with E-state index in [2.05, 4.69) is 31.4 Å². The van der Waals surface area contributed by atoms with Gasteiger partial charge in [-0.05, 0) is 53.8 Å². The van der Waals surface area contributed by atoms with E-state index in [9.17, 15) is 0 Å². The van der Waals surface area contributed by atoms with Gasteiger partial charge in [-0.15, -0.1) is 5.10 Å². The van der Waals surface area contributed by atoms with Crippen molar-refractivity contribution in [3.05, 3.63) is 21.4 Å². The second kappa shape index (κ2) is 4.55. The minimum absolute atomic E-state index is 0.429. The lowest BCUT2D eigenvalue weighted by atomic mass is 10.0. The summed E-state index contributed by atoms with van der Waals surface area (Å²) in [5, 5.41) is 11.7. The zero-order valence-corrected chi connectivity index (χ0v) is 9.98. The zero-order chi connectivity index (χ0) is 9.97. The van der Waals surface area contributed by atoms with E-state index >= 15 is 0 Å². The second-order valence-corrected chi connectivity index (χ2v) is 4.75. The van der Waals surface area contributed by atoms with E-state index in [4.69, 9.17) is 11.6 Å². The Morgan fingerprint density at radius 1 is 1.57 bits per heavy atom. The van der Waals surface area contributed by atoms with Crippen LogP contribution in [0.4, 0.5) is 0 Å². The summed E-state index contributed by atoms with van der Waals surface area (Å²) in [6.07, 6.45) is 2.21. The summed E-state index contributed by atoms with van der Waals surface area (Å²) in [5.74, 6) is 0.692. The van der Waals surface area contributed by atoms with Crippen molar-refractivity contribution >= 4 is 27.5 Å². The highest BCUT2D eigenvalue weighted by Gasteiger charge is 2.16. The molecule has 0 radical (unpaired) electrons. The molecule has 14 heavy (non-hydrogen) atoms. The minimum Gasteiger partial charge on any atom is -0.316 e. The maximum absolute atomic E-state index is 5.76. The van der Waals surface area contributed by atoms with E-state index < -0.39 is 0 Å². The standard InChI is InChI=1S/C9H11BrClN3/c10-8-4-7(13-14-9(8)11)3-6-1-2-12-5-6/h4,6,12H,1-3,5H2. The normalized spacial score (nSPS) is 21.4. The van der Waals surface area contributed by atoms with Crippen LogP contribution in [-0.4, -0.2) is 23.3 Å². The third-order valence-electron chi connectivity index (χ3n) is 2.42. The average Bonchev–Trinajstić information content (AvgIpc) is 2.64. The fourth-order valence-electron chi connectivity index (χ4n) is 1.67. The summed E-state index contributed by atoms with van der Waals surface area (Å²) in [6, 6.07) is 1.95. The molecule has 0 spiro atoms. The first-order valence-corrected chi connectivity index (χ1v) is 5.81. The van der Waals surface area contributed by atoms with Gasteiger partial charge in [-0.25, -0.2) is 0 Å². The van der Waals surface area contributed by atoms with Gasteiger partial charge in [0.2, 0.25) is 0 Å². The molecule has 1 aromatic rings. The fraction of sp³-hybridized carbons (Fsp3) is 0.556. The van der Waals surface area contributed by atoms with Crippen LogP contribution in [0.15, 0.2) is 10.5 Å². The lowest BCUT2D eigenvalue weighted by Crippen LogP contribution is -2.11. The molecule has 1 atom stereocenters. The van der Waals surface area contributed by atoms with Crippen molar-refractivity contribution in [1.82, 2.24) is 15.5 Å². The van der Waals surface area contributed by atoms with Gasteiger partial charge >= 0.3 is 0 Å². The first-order chi connectivity index (χ1) is 6.75. The maximum Gasteiger partial charge on any atom is 0.165 e. The van der Waals surface area contributed by atoms with E-state index in [-0.39, 0.29) is 0 Å². The van der Waals surface area contributed by atoms with Gasteiger partial charge in [0.25, 0.3) is 0 Å². The molecule has 0 saturated carbocycles. The van der Waals surface area contributed by atoms with Crippen LogP contribution in [-0.2, 0) is 6.42 Å². The fourth-order valence-corrected chi connectivity index (χ4v) is 2.11. The van der Waals surface area contributed by atoms with Crippen molar-refractivity contribution in [3.8, 4) is 0 Å². The largest absolute Gasteiger partial charge is 0.316 e. The summed E-state index contributed by atoms with van der Waals surface area (Å²) < 4.78 is 0.829. The highest BCUT2D eigenvalue weighted by molar-refractivity contribution is 9.10. The van der Waals surface area contributed by atoms with Crippen molar-refractivity contribution in [2.75, 3.05) is 13.1 Å². The molecule has 2 heterocycles. The molecule has 5 heteroatoms. The predicted octanol–water partition coefficient (Wildman–Crippen LogP) is 2.04. The topological polar surface area (TPSA) is 37.8 Å². The van der Waals surface area contributed by atoms with Gasteiger partial charge in [-0.2, -0.15) is 5.10 Å². The zero-order valence-electron chi connectivity index (χ0n) is 7.63. The van der Waals surface area contributed by atoms with Crippen LogP contribution in [0.1, 0.15) is 12.1 Å². The lowest BCUT2D eigenvalue weighted by Gasteiger charge is -2.06. The van der Waals surface area contributed by atoms with Gasteiger partial charge in [-0.1, -0.05) is 11.6 Å². The van der Waals surface area contributed by atoms with Crippen LogP contribution in [0.25, 0.3) is 0 Å². The van der Waals surface area contributed by atoms with E-state index in [0.717, 1.165) is 29.7 Å². The van der Waals surface area contributed by atoms with E-state index in [1.807, 2.05) is 6.07 Å². The molecule has 0 amide bonds. The lowest BCUT2D eigenvalue weighted by molar-refractivity contribution is 0.567. The molecule has 1 fully saturated rings. The Balaban J connectivity index is 2.05. The quantitative estimate of drug-likeness (QED) is 0.898. The van der Waals surface area contributed by atoms with Crippen molar-refractivity contribution in [2.45, 2.75) is 12.8 Å². The summed E-state index contributed by atoms with van der Waals surface area (Å²) in [7, 11) is 0. The van der Waals surface area contributed by atoms with Gasteiger partial charge in [0.1, 0.15) is 0 Å². The van der Waals surface area contributed by atoms with Gasteiger partial charge in [0, 0.05) is 0 Å². The Labute approximate surface area is 96.4 Å². The second-order valence-electron chi connectivity index (χ2n) is 3.54. The molecule has 1 N–H and O–H groups in total. The van der Waals surface area contributed by atoms with E-state index in [0.29, 0.717) is 11.1 Å². The highest BCUT2D eigenvalue weighted by atomic mass is 79.9. The summed E-state index contributed by atoms with van der Waals surface area (Å²) in [6.45, 7) is 2.20. The molecule has 0 aliphatic carbocycles. The number of hydrogen-bond acceptors (Lipinski definition) is 3. The third-order valence-corrected chi connectivity index (χ3v) is 3.53. The highest BCUT2D eigenvalue weighted by Crippen LogP contribution is 2.21. The predicted molar refractivity (Wildman–Crippen MR) is 59.4 cm³/mol. The van der Waals surface area contributed by atoms with Crippen LogP contribution in [0, 0.1) is 5.92 Å². The molecule has 2 rings (SSSR count). The van der Waals surface area contributed by atoms with Crippen LogP contribution < -0.4 is 5.32 Å². The molecule has 1 saturated heterocycles. The van der Waals surface area contributed by atoms with Crippen LogP contribution in [0.2, 0.25) is 5.15 Å². The van der Waals surface area contributed by atoms with Crippen molar-refractivity contribution in [1.29, 1.82) is 0 Å². The first kappa shape index (κ1) is 10.3. The number of rotatable bonds is 2. The Morgan fingerprint density at radius 3 is 3.07 bits per heavy atom. The van der Waals surface area contributed by atoms with Crippen LogP contribution >= 0.6 is 27.5 Å². The SMILES string of the molecule is Clc1nnc(CC2CCNC2)cc1Br. The molecule has 3 nitrogen and oxygen atoms in total. The van der Waals surface area contributed by atoms with Gasteiger partial charge in [-0.3, -0.25) is 0 Å². The Kier molecular flexibility index (Phi) is 3.36. The maximum atomic E-state index is 5.76. The van der Waals surface area contributed by atoms with E-state index in [1.165, 1.54) is 6.42 Å². The monoisotopic (exact) mass is 275 g/mol. The Hall–Kier alpha value is -0.190. The molecular formula is C9H11BrClN3. The van der Waals surface area contributed by atoms with Gasteiger partial charge < -0.3 is 5.32 Å². The van der Waals surface area contributed by atoms with Gasteiger partial charge in [0.05, 0.1) is 10.2 Å². The van der Waals surface area contributed by atoms with E-state index in [1.54, 1.807) is 0 Å². The molecule has 1 aliphatic rings. The number of halogens is 2. The minimum atomic E-state index is 0.429. The first-order valence-electron chi connectivity index (χ1n) is 4.64. The van der Waals surface area contributed by atoms with Crippen LogP contribution in [0.5, 0.6) is 0 Å². The van der Waals surface area contributed by atoms with Crippen molar-refractivity contribution in [2.24, 2.45) is 5.92 Å². The molecular weight excluding hydrogens is 265 g/mol. The van der Waals surface area contributed by atoms with Gasteiger partial charge in [0.15, 0.2) is 5.15 Å². The van der Waals surface area contributed by atoms with Crippen molar-refractivity contribution in [3.63, 3.8) is 0 Å². The molecule has 1 aromatic heterocycles. The Morgan fingerprint density at radius 2 is 2.43 bits per heavy atom. The number of hydrogen-bond donors (Lipinski definition) is 1.